The van der Waals surface area contributed by atoms with Crippen molar-refractivity contribution in [3.63, 3.8) is 0 Å². The number of aromatic nitrogens is 2. The van der Waals surface area contributed by atoms with Gasteiger partial charge in [0.15, 0.2) is 5.82 Å². The van der Waals surface area contributed by atoms with Gasteiger partial charge in [-0.3, -0.25) is 0 Å². The van der Waals surface area contributed by atoms with E-state index < -0.39 is 0 Å². The molecule has 0 saturated heterocycles. The lowest BCUT2D eigenvalue weighted by molar-refractivity contribution is 0.0907. The van der Waals surface area contributed by atoms with Gasteiger partial charge in [-0.15, -0.1) is 0 Å². The highest BCUT2D eigenvalue weighted by atomic mass is 16.5. The number of nitrogens with one attached hydrogen (secondary N) is 1. The maximum absolute atomic E-state index is 5.62. The third-order valence-corrected chi connectivity index (χ3v) is 3.03. The zero-order chi connectivity index (χ0) is 18.8. The second-order valence-corrected chi connectivity index (χ2v) is 8.50. The van der Waals surface area contributed by atoms with Crippen LogP contribution in [0.3, 0.4) is 0 Å². The summed E-state index contributed by atoms with van der Waals surface area (Å²) in [6.07, 6.45) is 9.81. The summed E-state index contributed by atoms with van der Waals surface area (Å²) in [6.45, 7) is 15.5. The van der Waals surface area contributed by atoms with E-state index in [0.29, 0.717) is 25.6 Å². The molecule has 0 radical (unpaired) electrons. The van der Waals surface area contributed by atoms with Gasteiger partial charge >= 0.3 is 0 Å². The predicted molar refractivity (Wildman–Crippen MR) is 104 cm³/mol. The van der Waals surface area contributed by atoms with E-state index in [-0.39, 0.29) is 11.0 Å². The van der Waals surface area contributed by atoms with E-state index in [0.717, 1.165) is 25.1 Å². The maximum atomic E-state index is 5.62. The molecule has 0 unspecified atom stereocenters. The lowest BCUT2D eigenvalue weighted by Crippen LogP contribution is -2.26. The Hall–Kier alpha value is -1.46. The molecule has 0 atom stereocenters. The molecule has 5 heteroatoms. The van der Waals surface area contributed by atoms with Crippen LogP contribution in [0.15, 0.2) is 24.5 Å². The van der Waals surface area contributed by atoms with E-state index in [9.17, 15) is 0 Å². The average Bonchev–Trinajstić information content (AvgIpc) is 2.48. The number of hydrogen-bond acceptors (Lipinski definition) is 5. The van der Waals surface area contributed by atoms with Gasteiger partial charge in [-0.25, -0.2) is 9.97 Å². The smallest absolute Gasteiger partial charge is 0.154 e. The number of allylic oxidation sites excluding steroid dienone is 1. The third kappa shape index (κ3) is 12.5. The molecule has 0 fully saturated rings. The van der Waals surface area contributed by atoms with Gasteiger partial charge in [-0.05, 0) is 39.0 Å². The third-order valence-electron chi connectivity index (χ3n) is 3.03. The zero-order valence-corrected chi connectivity index (χ0v) is 16.8. The van der Waals surface area contributed by atoms with Crippen molar-refractivity contribution in [1.82, 2.24) is 9.97 Å². The van der Waals surface area contributed by atoms with Crippen LogP contribution in [0.1, 0.15) is 60.2 Å². The Morgan fingerprint density at radius 2 is 1.68 bits per heavy atom. The molecule has 1 aromatic heterocycles. The quantitative estimate of drug-likeness (QED) is 0.494. The summed E-state index contributed by atoms with van der Waals surface area (Å²) >= 11 is 0. The largest absolute Gasteiger partial charge is 0.378 e. The van der Waals surface area contributed by atoms with Gasteiger partial charge in [0.2, 0.25) is 0 Å². The molecule has 1 N–H and O–H groups in total. The molecule has 0 saturated carbocycles. The fourth-order valence-electron chi connectivity index (χ4n) is 2.01. The Morgan fingerprint density at radius 1 is 1.00 bits per heavy atom. The molecule has 0 aromatic carbocycles. The fraction of sp³-hybridized carbons (Fsp3) is 0.700. The molecule has 1 rings (SSSR count). The second kappa shape index (κ2) is 10.5. The first-order chi connectivity index (χ1) is 11.7. The van der Waals surface area contributed by atoms with E-state index in [1.165, 1.54) is 0 Å². The van der Waals surface area contributed by atoms with Crippen LogP contribution >= 0.6 is 0 Å². The molecule has 0 amide bonds. The van der Waals surface area contributed by atoms with Gasteiger partial charge in [-0.2, -0.15) is 0 Å². The van der Waals surface area contributed by atoms with Crippen LogP contribution in [0.5, 0.6) is 0 Å². The number of anilines is 1. The van der Waals surface area contributed by atoms with Crippen molar-refractivity contribution >= 4 is 5.69 Å². The van der Waals surface area contributed by atoms with Crippen LogP contribution in [0.2, 0.25) is 0 Å². The summed E-state index contributed by atoms with van der Waals surface area (Å²) < 4.78 is 11.2. The SMILES string of the molecule is CC(C)(C)COC/C=C/CCCOCc1ncc(NC(C)(C)C)cn1. The molecule has 0 aliphatic carbocycles. The summed E-state index contributed by atoms with van der Waals surface area (Å²) in [7, 11) is 0. The number of rotatable bonds is 10. The van der Waals surface area contributed by atoms with Crippen LogP contribution in [0.4, 0.5) is 5.69 Å². The second-order valence-electron chi connectivity index (χ2n) is 8.50. The van der Waals surface area contributed by atoms with Gasteiger partial charge in [0.05, 0.1) is 31.3 Å². The predicted octanol–water partition coefficient (Wildman–Crippen LogP) is 4.60. The van der Waals surface area contributed by atoms with Crippen LogP contribution in [-0.4, -0.2) is 35.3 Å². The van der Waals surface area contributed by atoms with Gasteiger partial charge in [-0.1, -0.05) is 32.9 Å². The molecular formula is C20H35N3O2. The van der Waals surface area contributed by atoms with Crippen molar-refractivity contribution in [3.05, 3.63) is 30.4 Å². The first-order valence-corrected chi connectivity index (χ1v) is 9.05. The van der Waals surface area contributed by atoms with Crippen molar-refractivity contribution in [2.45, 2.75) is 66.5 Å². The van der Waals surface area contributed by atoms with Crippen molar-refractivity contribution in [1.29, 1.82) is 0 Å². The Morgan fingerprint density at radius 3 is 2.28 bits per heavy atom. The molecule has 0 aliphatic rings. The van der Waals surface area contributed by atoms with Crippen molar-refractivity contribution in [2.75, 3.05) is 25.1 Å². The summed E-state index contributed by atoms with van der Waals surface area (Å²) in [5, 5.41) is 3.34. The Balaban J connectivity index is 2.08. The van der Waals surface area contributed by atoms with E-state index in [4.69, 9.17) is 9.47 Å². The normalized spacial score (nSPS) is 12.7. The summed E-state index contributed by atoms with van der Waals surface area (Å²) in [5.41, 5.74) is 1.16. The molecule has 1 aromatic rings. The van der Waals surface area contributed by atoms with Crippen LogP contribution < -0.4 is 5.32 Å². The fourth-order valence-corrected chi connectivity index (χ4v) is 2.01. The first kappa shape index (κ1) is 21.6. The topological polar surface area (TPSA) is 56.3 Å². The van der Waals surface area contributed by atoms with E-state index >= 15 is 0 Å². The monoisotopic (exact) mass is 349 g/mol. The Bertz CT molecular complexity index is 499. The number of unbranched alkanes of at least 4 members (excludes halogenated alkanes) is 1. The van der Waals surface area contributed by atoms with Crippen LogP contribution in [-0.2, 0) is 16.1 Å². The Kier molecular flexibility index (Phi) is 9.08. The molecule has 142 valence electrons. The Labute approximate surface area is 153 Å². The van der Waals surface area contributed by atoms with Crippen molar-refractivity contribution in [3.8, 4) is 0 Å². The minimum absolute atomic E-state index is 0.00663. The molecule has 25 heavy (non-hydrogen) atoms. The number of nitrogens with zero attached hydrogens (tertiary/aromatic N) is 2. The maximum Gasteiger partial charge on any atom is 0.154 e. The van der Waals surface area contributed by atoms with E-state index in [1.807, 2.05) is 0 Å². The summed E-state index contributed by atoms with van der Waals surface area (Å²) in [5.74, 6) is 0.714. The molecule has 5 nitrogen and oxygen atoms in total. The van der Waals surface area contributed by atoms with Gasteiger partial charge in [0.25, 0.3) is 0 Å². The molecule has 0 aliphatic heterocycles. The number of ether oxygens (including phenoxy) is 2. The van der Waals surface area contributed by atoms with E-state index in [1.54, 1.807) is 12.4 Å². The highest BCUT2D eigenvalue weighted by molar-refractivity contribution is 5.40. The highest BCUT2D eigenvalue weighted by Crippen LogP contribution is 2.13. The molecule has 0 bridgehead atoms. The molecular weight excluding hydrogens is 314 g/mol. The number of hydrogen-bond donors (Lipinski definition) is 1. The van der Waals surface area contributed by atoms with Gasteiger partial charge in [0.1, 0.15) is 6.61 Å². The van der Waals surface area contributed by atoms with Gasteiger partial charge in [0, 0.05) is 12.1 Å². The minimum Gasteiger partial charge on any atom is -0.378 e. The lowest BCUT2D eigenvalue weighted by atomic mass is 9.99. The summed E-state index contributed by atoms with van der Waals surface area (Å²) in [6, 6.07) is 0. The van der Waals surface area contributed by atoms with E-state index in [2.05, 4.69) is 69.0 Å². The highest BCUT2D eigenvalue weighted by Gasteiger charge is 2.10. The summed E-state index contributed by atoms with van der Waals surface area (Å²) in [4.78, 5) is 8.64. The molecule has 0 spiro atoms. The average molecular weight is 350 g/mol. The minimum atomic E-state index is 0.00663. The lowest BCUT2D eigenvalue weighted by Gasteiger charge is -2.21. The van der Waals surface area contributed by atoms with Gasteiger partial charge < -0.3 is 14.8 Å². The standard InChI is InChI=1S/C20H35N3O2/c1-19(2,3)16-25-12-10-8-7-9-11-24-15-18-21-13-17(14-22-18)23-20(4,5)6/h8,10,13-14,23H,7,9,11-12,15-16H2,1-6H3/b10-8+. The van der Waals surface area contributed by atoms with Crippen LogP contribution in [0, 0.1) is 5.41 Å². The van der Waals surface area contributed by atoms with Crippen molar-refractivity contribution in [2.24, 2.45) is 5.41 Å². The van der Waals surface area contributed by atoms with Crippen molar-refractivity contribution < 1.29 is 9.47 Å². The van der Waals surface area contributed by atoms with Crippen LogP contribution in [0.25, 0.3) is 0 Å². The molecule has 1 heterocycles. The zero-order valence-electron chi connectivity index (χ0n) is 16.8. The first-order valence-electron chi connectivity index (χ1n) is 9.05.